The smallest absolute Gasteiger partial charge is 0.291 e. The van der Waals surface area contributed by atoms with Gasteiger partial charge in [-0.15, -0.1) is 0 Å². The summed E-state index contributed by atoms with van der Waals surface area (Å²) in [6, 6.07) is -0.551. The summed E-state index contributed by atoms with van der Waals surface area (Å²) in [4.78, 5) is 30.4. The van der Waals surface area contributed by atoms with Crippen molar-refractivity contribution >= 4 is 23.5 Å². The van der Waals surface area contributed by atoms with Crippen LogP contribution < -0.4 is 5.73 Å². The summed E-state index contributed by atoms with van der Waals surface area (Å²) < 4.78 is 1.96. The van der Waals surface area contributed by atoms with Crippen LogP contribution in [-0.2, 0) is 16.6 Å². The molecule has 0 spiro atoms. The third-order valence-electron chi connectivity index (χ3n) is 4.28. The fourth-order valence-corrected chi connectivity index (χ4v) is 3.68. The summed E-state index contributed by atoms with van der Waals surface area (Å²) in [6.07, 6.45) is 8.03. The Morgan fingerprint density at radius 2 is 2.26 bits per heavy atom. The highest BCUT2D eigenvalue weighted by Gasteiger charge is 2.30. The number of aromatic nitrogens is 2. The molecule has 23 heavy (non-hydrogen) atoms. The van der Waals surface area contributed by atoms with Crippen molar-refractivity contribution in [2.45, 2.75) is 56.3 Å². The van der Waals surface area contributed by atoms with Crippen LogP contribution >= 0.6 is 11.8 Å². The molecule has 1 aromatic heterocycles. The second-order valence-corrected chi connectivity index (χ2v) is 7.19. The first kappa shape index (κ1) is 18.0. The molecule has 1 amide bonds. The van der Waals surface area contributed by atoms with Gasteiger partial charge < -0.3 is 15.2 Å². The Morgan fingerprint density at radius 1 is 1.48 bits per heavy atom. The molecule has 1 aliphatic rings. The maximum Gasteiger partial charge on any atom is 0.291 e. The van der Waals surface area contributed by atoms with E-state index in [1.807, 2.05) is 24.7 Å². The molecule has 0 aliphatic carbocycles. The SMILES string of the molecule is CC1CCCCN1C(=O)C(=O)C(N)CCCSc1nccn1C. The van der Waals surface area contributed by atoms with Crippen molar-refractivity contribution in [1.82, 2.24) is 14.5 Å². The van der Waals surface area contributed by atoms with Gasteiger partial charge in [-0.1, -0.05) is 11.8 Å². The topological polar surface area (TPSA) is 81.2 Å². The number of nitrogens with two attached hydrogens (primary N) is 1. The Balaban J connectivity index is 1.73. The number of amides is 1. The van der Waals surface area contributed by atoms with Crippen LogP contribution in [0, 0.1) is 0 Å². The Hall–Kier alpha value is -1.34. The monoisotopic (exact) mass is 338 g/mol. The molecule has 0 bridgehead atoms. The third-order valence-corrected chi connectivity index (χ3v) is 5.42. The molecule has 0 saturated carbocycles. The predicted octanol–water partition coefficient (Wildman–Crippen LogP) is 1.59. The lowest BCUT2D eigenvalue weighted by molar-refractivity contribution is -0.147. The van der Waals surface area contributed by atoms with Gasteiger partial charge in [-0.25, -0.2) is 4.98 Å². The van der Waals surface area contributed by atoms with Gasteiger partial charge in [0.15, 0.2) is 5.16 Å². The minimum atomic E-state index is -0.696. The van der Waals surface area contributed by atoms with Crippen LogP contribution in [0.4, 0.5) is 0 Å². The molecule has 2 heterocycles. The van der Waals surface area contributed by atoms with Gasteiger partial charge in [-0.05, 0) is 39.0 Å². The molecule has 1 aromatic rings. The number of piperidine rings is 1. The van der Waals surface area contributed by atoms with E-state index >= 15 is 0 Å². The van der Waals surface area contributed by atoms with Crippen LogP contribution in [0.1, 0.15) is 39.0 Å². The zero-order valence-electron chi connectivity index (χ0n) is 13.9. The van der Waals surface area contributed by atoms with E-state index in [0.29, 0.717) is 13.0 Å². The van der Waals surface area contributed by atoms with Crippen LogP contribution in [0.3, 0.4) is 0 Å². The molecule has 0 aromatic carbocycles. The number of likely N-dealkylation sites (tertiary alicyclic amines) is 1. The summed E-state index contributed by atoms with van der Waals surface area (Å²) in [7, 11) is 1.95. The lowest BCUT2D eigenvalue weighted by Crippen LogP contribution is -2.50. The highest BCUT2D eigenvalue weighted by molar-refractivity contribution is 7.99. The molecule has 1 saturated heterocycles. The van der Waals surface area contributed by atoms with Crippen molar-refractivity contribution in [2.24, 2.45) is 12.8 Å². The Bertz CT molecular complexity index is 546. The van der Waals surface area contributed by atoms with Crippen molar-refractivity contribution < 1.29 is 9.59 Å². The first-order chi connectivity index (χ1) is 11.0. The number of carbonyl (C=O) groups is 2. The second kappa shape index (κ2) is 8.49. The molecule has 7 heteroatoms. The van der Waals surface area contributed by atoms with Gasteiger partial charge in [0, 0.05) is 37.8 Å². The highest BCUT2D eigenvalue weighted by atomic mass is 32.2. The van der Waals surface area contributed by atoms with Crippen LogP contribution in [0.15, 0.2) is 17.6 Å². The lowest BCUT2D eigenvalue weighted by atomic mass is 10.0. The minimum Gasteiger partial charge on any atom is -0.333 e. The van der Waals surface area contributed by atoms with Crippen LogP contribution in [0.2, 0.25) is 0 Å². The normalized spacial score (nSPS) is 19.6. The van der Waals surface area contributed by atoms with Gasteiger partial charge in [-0.3, -0.25) is 9.59 Å². The number of Topliss-reactive ketones (excluding diaryl/α,β-unsaturated/α-hetero) is 1. The lowest BCUT2D eigenvalue weighted by Gasteiger charge is -2.33. The van der Waals surface area contributed by atoms with Crippen molar-refractivity contribution in [3.63, 3.8) is 0 Å². The molecule has 128 valence electrons. The Kier molecular flexibility index (Phi) is 6.65. The van der Waals surface area contributed by atoms with Crippen molar-refractivity contribution in [3.8, 4) is 0 Å². The van der Waals surface area contributed by atoms with Gasteiger partial charge in [0.2, 0.25) is 5.78 Å². The second-order valence-electron chi connectivity index (χ2n) is 6.13. The molecule has 2 unspecified atom stereocenters. The molecule has 1 aliphatic heterocycles. The van der Waals surface area contributed by atoms with Crippen molar-refractivity contribution in [2.75, 3.05) is 12.3 Å². The fraction of sp³-hybridized carbons (Fsp3) is 0.688. The van der Waals surface area contributed by atoms with Gasteiger partial charge >= 0.3 is 0 Å². The molecule has 0 radical (unpaired) electrons. The number of imidazole rings is 1. The van der Waals surface area contributed by atoms with E-state index in [1.165, 1.54) is 0 Å². The maximum absolute atomic E-state index is 12.3. The third kappa shape index (κ3) is 4.81. The zero-order valence-corrected chi connectivity index (χ0v) is 14.7. The Labute approximate surface area is 141 Å². The van der Waals surface area contributed by atoms with Gasteiger partial charge in [-0.2, -0.15) is 0 Å². The van der Waals surface area contributed by atoms with E-state index in [4.69, 9.17) is 5.73 Å². The summed E-state index contributed by atoms with van der Waals surface area (Å²) in [5.74, 6) is -0.0117. The zero-order chi connectivity index (χ0) is 16.8. The van der Waals surface area contributed by atoms with Crippen LogP contribution in [0.25, 0.3) is 0 Å². The Morgan fingerprint density at radius 3 is 2.91 bits per heavy atom. The van der Waals surface area contributed by atoms with E-state index < -0.39 is 17.7 Å². The number of thioether (sulfide) groups is 1. The standard InChI is InChI=1S/C16H26N4O2S/c1-12-6-3-4-9-20(12)15(22)14(21)13(17)7-5-11-23-16-18-8-10-19(16)2/h8,10,12-13H,3-7,9,11,17H2,1-2H3. The number of hydrogen-bond donors (Lipinski definition) is 1. The number of ketones is 1. The van der Waals surface area contributed by atoms with E-state index in [0.717, 1.165) is 36.6 Å². The summed E-state index contributed by atoms with van der Waals surface area (Å²) in [5, 5.41) is 0.947. The molecule has 2 rings (SSSR count). The summed E-state index contributed by atoms with van der Waals surface area (Å²) in [5.41, 5.74) is 5.93. The van der Waals surface area contributed by atoms with Gasteiger partial charge in [0.1, 0.15) is 0 Å². The number of aryl methyl sites for hydroxylation is 1. The predicted molar refractivity (Wildman–Crippen MR) is 91.2 cm³/mol. The fourth-order valence-electron chi connectivity index (χ4n) is 2.79. The first-order valence-electron chi connectivity index (χ1n) is 8.21. The highest BCUT2D eigenvalue weighted by Crippen LogP contribution is 2.18. The minimum absolute atomic E-state index is 0.145. The molecule has 1 fully saturated rings. The van der Waals surface area contributed by atoms with Crippen molar-refractivity contribution in [1.29, 1.82) is 0 Å². The maximum atomic E-state index is 12.3. The summed E-state index contributed by atoms with van der Waals surface area (Å²) >= 11 is 1.63. The molecule has 2 N–H and O–H groups in total. The average Bonchev–Trinajstić information content (AvgIpc) is 2.95. The molecule has 2 atom stereocenters. The first-order valence-corrected chi connectivity index (χ1v) is 9.19. The van der Waals surface area contributed by atoms with Crippen molar-refractivity contribution in [3.05, 3.63) is 12.4 Å². The van der Waals surface area contributed by atoms with E-state index in [2.05, 4.69) is 4.98 Å². The average molecular weight is 338 g/mol. The number of rotatable bonds is 7. The molecule has 6 nitrogen and oxygen atoms in total. The number of hydrogen-bond acceptors (Lipinski definition) is 5. The molecular formula is C16H26N4O2S. The molecular weight excluding hydrogens is 312 g/mol. The van der Waals surface area contributed by atoms with Gasteiger partial charge in [0.25, 0.3) is 5.91 Å². The van der Waals surface area contributed by atoms with Crippen LogP contribution in [-0.4, -0.2) is 50.5 Å². The number of nitrogens with zero attached hydrogens (tertiary/aromatic N) is 3. The van der Waals surface area contributed by atoms with E-state index in [-0.39, 0.29) is 6.04 Å². The largest absolute Gasteiger partial charge is 0.333 e. The number of carbonyl (C=O) groups excluding carboxylic acids is 2. The van der Waals surface area contributed by atoms with Crippen LogP contribution in [0.5, 0.6) is 0 Å². The summed E-state index contributed by atoms with van der Waals surface area (Å²) in [6.45, 7) is 2.67. The quantitative estimate of drug-likeness (QED) is 0.464. The van der Waals surface area contributed by atoms with Gasteiger partial charge in [0.05, 0.1) is 6.04 Å². The van der Waals surface area contributed by atoms with E-state index in [1.54, 1.807) is 22.9 Å². The van der Waals surface area contributed by atoms with E-state index in [9.17, 15) is 9.59 Å².